The third-order valence-electron chi connectivity index (χ3n) is 6.63. The van der Waals surface area contributed by atoms with Crippen molar-refractivity contribution < 1.29 is 5.11 Å². The van der Waals surface area contributed by atoms with Crippen LogP contribution in [-0.2, 0) is 5.60 Å². The first kappa shape index (κ1) is 23.1. The largest absolute Gasteiger partial charge is 0.379 e. The van der Waals surface area contributed by atoms with Gasteiger partial charge in [0.2, 0.25) is 7.41 Å². The third-order valence-corrected chi connectivity index (χ3v) is 6.63. The van der Waals surface area contributed by atoms with Crippen molar-refractivity contribution in [1.29, 1.82) is 0 Å². The number of unbranched alkanes of at least 4 members (excludes halogenated alkanes) is 7. The van der Waals surface area contributed by atoms with Gasteiger partial charge in [0.25, 0.3) is 0 Å². The van der Waals surface area contributed by atoms with Gasteiger partial charge in [0.1, 0.15) is 5.60 Å². The van der Waals surface area contributed by atoms with Crippen LogP contribution in [0.3, 0.4) is 0 Å². The molecule has 0 saturated carbocycles. The summed E-state index contributed by atoms with van der Waals surface area (Å²) in [7, 11) is 2.38. The first-order valence-corrected chi connectivity index (χ1v) is 12.2. The molecule has 1 atom stereocenters. The van der Waals surface area contributed by atoms with E-state index in [9.17, 15) is 5.11 Å². The summed E-state index contributed by atoms with van der Waals surface area (Å²) in [6.07, 6.45) is 14.1. The smallest absolute Gasteiger partial charge is 0.208 e. The summed E-state index contributed by atoms with van der Waals surface area (Å²) < 4.78 is 0. The Bertz CT molecular complexity index is 666. The SMILES string of the molecule is CCCCCCCCCC[B]N1CCCC1C(O)(c1ccccc1)c1ccccc1. The molecule has 1 aliphatic heterocycles. The third kappa shape index (κ3) is 5.98. The van der Waals surface area contributed by atoms with E-state index in [0.29, 0.717) is 0 Å². The molecule has 1 saturated heterocycles. The molecule has 0 bridgehead atoms. The molecule has 2 aromatic carbocycles. The molecule has 30 heavy (non-hydrogen) atoms. The Morgan fingerprint density at radius 2 is 1.37 bits per heavy atom. The maximum Gasteiger partial charge on any atom is 0.208 e. The van der Waals surface area contributed by atoms with Crippen molar-refractivity contribution in [2.24, 2.45) is 0 Å². The van der Waals surface area contributed by atoms with Crippen LogP contribution < -0.4 is 0 Å². The number of rotatable bonds is 13. The average Bonchev–Trinajstić information content (AvgIpc) is 3.28. The minimum absolute atomic E-state index is 0.0938. The standard InChI is InChI=1S/C27H39BNO/c1-2-3-4-5-6-7-8-15-22-28-29-23-16-21-26(29)27(30,24-17-11-9-12-18-24)25-19-13-10-14-20-25/h9-14,17-20,26,30H,2-8,15-16,21-23H2,1H3. The first-order chi connectivity index (χ1) is 14.8. The lowest BCUT2D eigenvalue weighted by Crippen LogP contribution is -2.49. The molecule has 1 radical (unpaired) electrons. The fourth-order valence-electron chi connectivity index (χ4n) is 4.93. The van der Waals surface area contributed by atoms with Gasteiger partial charge in [0, 0.05) is 6.04 Å². The van der Waals surface area contributed by atoms with Crippen LogP contribution in [0.1, 0.15) is 82.3 Å². The molecule has 161 valence electrons. The molecule has 1 heterocycles. The van der Waals surface area contributed by atoms with Crippen LogP contribution in [0.5, 0.6) is 0 Å². The van der Waals surface area contributed by atoms with E-state index < -0.39 is 5.60 Å². The van der Waals surface area contributed by atoms with E-state index in [-0.39, 0.29) is 6.04 Å². The van der Waals surface area contributed by atoms with Gasteiger partial charge in [-0.25, -0.2) is 0 Å². The van der Waals surface area contributed by atoms with Crippen molar-refractivity contribution >= 4 is 7.41 Å². The molecule has 1 N–H and O–H groups in total. The van der Waals surface area contributed by atoms with E-state index in [1.54, 1.807) is 0 Å². The highest BCUT2D eigenvalue weighted by molar-refractivity contribution is 6.32. The predicted molar refractivity (Wildman–Crippen MR) is 129 cm³/mol. The maximum absolute atomic E-state index is 12.1. The minimum Gasteiger partial charge on any atom is -0.379 e. The van der Waals surface area contributed by atoms with Gasteiger partial charge < -0.3 is 9.92 Å². The van der Waals surface area contributed by atoms with Gasteiger partial charge in [-0.1, -0.05) is 125 Å². The Kier molecular flexibility index (Phi) is 9.49. The quantitative estimate of drug-likeness (QED) is 0.302. The molecule has 3 heteroatoms. The zero-order valence-corrected chi connectivity index (χ0v) is 18.8. The zero-order valence-electron chi connectivity index (χ0n) is 18.8. The molecular formula is C27H39BNO. The lowest BCUT2D eigenvalue weighted by Gasteiger charge is -2.40. The number of nitrogens with zero attached hydrogens (tertiary/aromatic N) is 1. The van der Waals surface area contributed by atoms with Crippen LogP contribution in [0.15, 0.2) is 60.7 Å². The monoisotopic (exact) mass is 404 g/mol. The highest BCUT2D eigenvalue weighted by Gasteiger charge is 2.44. The van der Waals surface area contributed by atoms with E-state index in [1.807, 2.05) is 36.4 Å². The van der Waals surface area contributed by atoms with Gasteiger partial charge in [-0.3, -0.25) is 0 Å². The van der Waals surface area contributed by atoms with E-state index >= 15 is 0 Å². The molecule has 2 aromatic rings. The van der Waals surface area contributed by atoms with Crippen molar-refractivity contribution in [3.63, 3.8) is 0 Å². The molecule has 1 aliphatic rings. The summed E-state index contributed by atoms with van der Waals surface area (Å²) in [5, 5.41) is 12.1. The minimum atomic E-state index is -0.977. The van der Waals surface area contributed by atoms with Gasteiger partial charge in [-0.15, -0.1) is 0 Å². The van der Waals surface area contributed by atoms with Crippen molar-refractivity contribution in [2.75, 3.05) is 6.54 Å². The van der Waals surface area contributed by atoms with Crippen LogP contribution in [0.2, 0.25) is 6.32 Å². The van der Waals surface area contributed by atoms with Gasteiger partial charge >= 0.3 is 0 Å². The van der Waals surface area contributed by atoms with Crippen LogP contribution in [0.4, 0.5) is 0 Å². The van der Waals surface area contributed by atoms with Crippen molar-refractivity contribution in [2.45, 2.75) is 89.1 Å². The molecule has 0 aliphatic carbocycles. The predicted octanol–water partition coefficient (Wildman–Crippen LogP) is 6.57. The summed E-state index contributed by atoms with van der Waals surface area (Å²) in [5.41, 5.74) is 1.01. The molecule has 1 unspecified atom stereocenters. The maximum atomic E-state index is 12.1. The van der Waals surface area contributed by atoms with E-state index in [0.717, 1.165) is 36.8 Å². The van der Waals surface area contributed by atoms with Crippen molar-refractivity contribution in [3.05, 3.63) is 71.8 Å². The topological polar surface area (TPSA) is 23.5 Å². The number of benzene rings is 2. The fourth-order valence-corrected chi connectivity index (χ4v) is 4.93. The average molecular weight is 404 g/mol. The zero-order chi connectivity index (χ0) is 21.1. The second-order valence-corrected chi connectivity index (χ2v) is 8.84. The Balaban J connectivity index is 1.58. The van der Waals surface area contributed by atoms with Crippen LogP contribution in [-0.4, -0.2) is 29.9 Å². The first-order valence-electron chi connectivity index (χ1n) is 12.2. The van der Waals surface area contributed by atoms with E-state index in [1.165, 1.54) is 51.4 Å². The Hall–Kier alpha value is -1.58. The summed E-state index contributed by atoms with van der Waals surface area (Å²) in [6.45, 7) is 3.32. The molecule has 0 amide bonds. The molecule has 3 rings (SSSR count). The van der Waals surface area contributed by atoms with Crippen LogP contribution >= 0.6 is 0 Å². The molecule has 0 spiro atoms. The number of aliphatic hydroxyl groups is 1. The number of hydrogen-bond acceptors (Lipinski definition) is 2. The molecule has 0 aromatic heterocycles. The number of hydrogen-bond donors (Lipinski definition) is 1. The Morgan fingerprint density at radius 1 is 0.833 bits per heavy atom. The van der Waals surface area contributed by atoms with E-state index in [4.69, 9.17) is 0 Å². The summed E-state index contributed by atoms with van der Waals surface area (Å²) >= 11 is 0. The van der Waals surface area contributed by atoms with Crippen LogP contribution in [0.25, 0.3) is 0 Å². The molecule has 1 fully saturated rings. The van der Waals surface area contributed by atoms with Gasteiger partial charge in [0.05, 0.1) is 0 Å². The molecule has 2 nitrogen and oxygen atoms in total. The summed E-state index contributed by atoms with van der Waals surface area (Å²) in [4.78, 5) is 2.43. The van der Waals surface area contributed by atoms with Gasteiger partial charge in [0.15, 0.2) is 0 Å². The lowest BCUT2D eigenvalue weighted by molar-refractivity contribution is 0.0197. The summed E-state index contributed by atoms with van der Waals surface area (Å²) in [5.74, 6) is 0. The van der Waals surface area contributed by atoms with E-state index in [2.05, 4.69) is 43.4 Å². The lowest BCUT2D eigenvalue weighted by atomic mass is 9.74. The summed E-state index contributed by atoms with van der Waals surface area (Å²) in [6, 6.07) is 20.6. The van der Waals surface area contributed by atoms with Gasteiger partial charge in [-0.05, 0) is 30.5 Å². The highest BCUT2D eigenvalue weighted by Crippen LogP contribution is 2.40. The Morgan fingerprint density at radius 3 is 1.93 bits per heavy atom. The normalized spacial score (nSPS) is 17.3. The second-order valence-electron chi connectivity index (χ2n) is 8.84. The molecular weight excluding hydrogens is 365 g/mol. The van der Waals surface area contributed by atoms with Crippen LogP contribution in [0, 0.1) is 0 Å². The second kappa shape index (κ2) is 12.3. The Labute approximate surface area is 185 Å². The fraction of sp³-hybridized carbons (Fsp3) is 0.556. The van der Waals surface area contributed by atoms with Crippen molar-refractivity contribution in [3.8, 4) is 0 Å². The van der Waals surface area contributed by atoms with Gasteiger partial charge in [-0.2, -0.15) is 0 Å². The van der Waals surface area contributed by atoms with Crippen molar-refractivity contribution in [1.82, 2.24) is 4.81 Å². The highest BCUT2D eigenvalue weighted by atomic mass is 16.3.